The molecule has 0 fully saturated rings. The minimum atomic E-state index is -0.00491. The average molecular weight is 235 g/mol. The highest BCUT2D eigenvalue weighted by Gasteiger charge is 2.06. The minimum Gasteiger partial charge on any atom is -0.484 e. The van der Waals surface area contributed by atoms with Crippen molar-refractivity contribution in [3.63, 3.8) is 0 Å². The summed E-state index contributed by atoms with van der Waals surface area (Å²) < 4.78 is 10.4. The van der Waals surface area contributed by atoms with Gasteiger partial charge in [-0.05, 0) is 12.1 Å². The molecule has 0 aliphatic heterocycles. The molecule has 3 N–H and O–H groups in total. The molecule has 0 aliphatic rings. The average Bonchev–Trinajstić information content (AvgIpc) is 2.75. The molecule has 0 unspecified atom stereocenters. The Morgan fingerprint density at radius 3 is 3.06 bits per heavy atom. The Balaban J connectivity index is 1.93. The van der Waals surface area contributed by atoms with Crippen molar-refractivity contribution in [3.8, 4) is 5.75 Å². The van der Waals surface area contributed by atoms with Crippen LogP contribution in [0, 0.1) is 0 Å². The summed E-state index contributed by atoms with van der Waals surface area (Å²) in [5.41, 5.74) is 6.25. The van der Waals surface area contributed by atoms with Crippen LogP contribution in [0.5, 0.6) is 5.75 Å². The minimum absolute atomic E-state index is 0.00491. The Morgan fingerprint density at radius 1 is 1.41 bits per heavy atom. The van der Waals surface area contributed by atoms with E-state index in [0.29, 0.717) is 29.6 Å². The van der Waals surface area contributed by atoms with E-state index in [1.807, 2.05) is 0 Å². The molecule has 0 bridgehead atoms. The Kier molecular flexibility index (Phi) is 3.56. The molecule has 0 atom stereocenters. The highest BCUT2D eigenvalue weighted by molar-refractivity contribution is 5.43. The van der Waals surface area contributed by atoms with Crippen LogP contribution in [0.4, 0.5) is 5.69 Å². The molecule has 0 amide bonds. The largest absolute Gasteiger partial charge is 0.484 e. The van der Waals surface area contributed by atoms with Crippen LogP contribution < -0.4 is 10.5 Å². The summed E-state index contributed by atoms with van der Waals surface area (Å²) in [6.45, 7) is 0.178. The van der Waals surface area contributed by atoms with Crippen molar-refractivity contribution in [3.05, 3.63) is 36.0 Å². The van der Waals surface area contributed by atoms with Crippen molar-refractivity contribution in [2.75, 3.05) is 12.3 Å². The van der Waals surface area contributed by atoms with Crippen LogP contribution >= 0.6 is 0 Å². The summed E-state index contributed by atoms with van der Waals surface area (Å²) in [5.74, 6) is 1.49. The van der Waals surface area contributed by atoms with Crippen LogP contribution in [0.15, 0.2) is 28.8 Å². The summed E-state index contributed by atoms with van der Waals surface area (Å²) >= 11 is 0. The molecular weight excluding hydrogens is 222 g/mol. The van der Waals surface area contributed by atoms with Gasteiger partial charge in [0.25, 0.3) is 5.89 Å². The third-order valence-electron chi connectivity index (χ3n) is 2.07. The second kappa shape index (κ2) is 5.31. The molecule has 1 aromatic carbocycles. The van der Waals surface area contributed by atoms with Crippen LogP contribution in [-0.4, -0.2) is 21.9 Å². The Morgan fingerprint density at radius 2 is 2.29 bits per heavy atom. The first kappa shape index (κ1) is 11.4. The number of rotatable bonds is 5. The van der Waals surface area contributed by atoms with Gasteiger partial charge in [-0.3, -0.25) is 0 Å². The number of hydrogen-bond donors (Lipinski definition) is 2. The van der Waals surface area contributed by atoms with Crippen LogP contribution in [0.3, 0.4) is 0 Å². The maximum Gasteiger partial charge on any atom is 0.264 e. The maximum atomic E-state index is 8.70. The molecule has 2 rings (SSSR count). The molecule has 1 aromatic heterocycles. The quantitative estimate of drug-likeness (QED) is 0.743. The maximum absolute atomic E-state index is 8.70. The van der Waals surface area contributed by atoms with Crippen LogP contribution in [0.1, 0.15) is 11.7 Å². The van der Waals surface area contributed by atoms with E-state index < -0.39 is 0 Å². The van der Waals surface area contributed by atoms with E-state index in [1.165, 1.54) is 0 Å². The third kappa shape index (κ3) is 3.18. The van der Waals surface area contributed by atoms with Gasteiger partial charge >= 0.3 is 0 Å². The summed E-state index contributed by atoms with van der Waals surface area (Å²) in [4.78, 5) is 4.04. The molecule has 90 valence electrons. The number of nitrogen functional groups attached to an aromatic ring is 1. The molecule has 0 spiro atoms. The van der Waals surface area contributed by atoms with Gasteiger partial charge in [-0.25, -0.2) is 0 Å². The third-order valence-corrected chi connectivity index (χ3v) is 2.07. The number of hydrogen-bond acceptors (Lipinski definition) is 6. The Hall–Kier alpha value is -2.08. The number of benzene rings is 1. The second-order valence-corrected chi connectivity index (χ2v) is 3.44. The van der Waals surface area contributed by atoms with Crippen molar-refractivity contribution in [2.24, 2.45) is 0 Å². The van der Waals surface area contributed by atoms with Crippen LogP contribution in [0.2, 0.25) is 0 Å². The fourth-order valence-electron chi connectivity index (χ4n) is 1.30. The van der Waals surface area contributed by atoms with Gasteiger partial charge in [-0.15, -0.1) is 0 Å². The number of aliphatic hydroxyl groups is 1. The summed E-state index contributed by atoms with van der Waals surface area (Å²) in [7, 11) is 0. The van der Waals surface area contributed by atoms with Gasteiger partial charge in [0.2, 0.25) is 0 Å². The zero-order valence-electron chi connectivity index (χ0n) is 9.17. The molecule has 2 aromatic rings. The standard InChI is InChI=1S/C11H13N3O3/c12-8-2-1-3-9(6-8)16-7-11-13-10(4-5-15)14-17-11/h1-3,6,15H,4-5,7,12H2. The van der Waals surface area contributed by atoms with E-state index in [0.717, 1.165) is 0 Å². The number of nitrogens with zero attached hydrogens (tertiary/aromatic N) is 2. The van der Waals surface area contributed by atoms with Crippen LogP contribution in [0.25, 0.3) is 0 Å². The van der Waals surface area contributed by atoms with Crippen molar-refractivity contribution >= 4 is 5.69 Å². The first-order valence-corrected chi connectivity index (χ1v) is 5.18. The molecule has 6 nitrogen and oxygen atoms in total. The predicted octanol–water partition coefficient (Wildman–Crippen LogP) is 0.766. The highest BCUT2D eigenvalue weighted by atomic mass is 16.5. The Labute approximate surface area is 98.0 Å². The van der Waals surface area contributed by atoms with Gasteiger partial charge in [0.15, 0.2) is 12.4 Å². The molecular formula is C11H13N3O3. The lowest BCUT2D eigenvalue weighted by Crippen LogP contribution is -1.97. The van der Waals surface area contributed by atoms with E-state index in [4.69, 9.17) is 20.1 Å². The smallest absolute Gasteiger partial charge is 0.264 e. The monoisotopic (exact) mass is 235 g/mol. The highest BCUT2D eigenvalue weighted by Crippen LogP contribution is 2.15. The SMILES string of the molecule is Nc1cccc(OCc2nc(CCO)no2)c1. The van der Waals surface area contributed by atoms with Gasteiger partial charge in [0.05, 0.1) is 6.61 Å². The van der Waals surface area contributed by atoms with Gasteiger partial charge < -0.3 is 20.1 Å². The number of anilines is 1. The van der Waals surface area contributed by atoms with Gasteiger partial charge in [-0.1, -0.05) is 11.2 Å². The molecule has 17 heavy (non-hydrogen) atoms. The zero-order valence-corrected chi connectivity index (χ0v) is 9.17. The Bertz CT molecular complexity index is 484. The number of nitrogens with two attached hydrogens (primary N) is 1. The van der Waals surface area contributed by atoms with Gasteiger partial charge in [-0.2, -0.15) is 4.98 Å². The number of aliphatic hydroxyl groups excluding tert-OH is 1. The van der Waals surface area contributed by atoms with Crippen LogP contribution in [-0.2, 0) is 13.0 Å². The number of ether oxygens (including phenoxy) is 1. The van der Waals surface area contributed by atoms with Crippen molar-refractivity contribution < 1.29 is 14.4 Å². The van der Waals surface area contributed by atoms with E-state index in [2.05, 4.69) is 10.1 Å². The topological polar surface area (TPSA) is 94.4 Å². The van der Waals surface area contributed by atoms with Crippen molar-refractivity contribution in [2.45, 2.75) is 13.0 Å². The first-order valence-electron chi connectivity index (χ1n) is 5.18. The molecule has 0 radical (unpaired) electrons. The van der Waals surface area contributed by atoms with E-state index in [9.17, 15) is 0 Å². The molecule has 0 aliphatic carbocycles. The van der Waals surface area contributed by atoms with Gasteiger partial charge in [0, 0.05) is 18.2 Å². The number of aromatic nitrogens is 2. The fourth-order valence-corrected chi connectivity index (χ4v) is 1.30. The molecule has 0 saturated heterocycles. The lowest BCUT2D eigenvalue weighted by molar-refractivity contribution is 0.242. The summed E-state index contributed by atoms with van der Waals surface area (Å²) in [6, 6.07) is 7.08. The normalized spacial score (nSPS) is 10.4. The van der Waals surface area contributed by atoms with Crippen molar-refractivity contribution in [1.82, 2.24) is 10.1 Å². The summed E-state index contributed by atoms with van der Waals surface area (Å²) in [6.07, 6.45) is 0.377. The second-order valence-electron chi connectivity index (χ2n) is 3.44. The van der Waals surface area contributed by atoms with E-state index >= 15 is 0 Å². The van der Waals surface area contributed by atoms with E-state index in [1.54, 1.807) is 24.3 Å². The van der Waals surface area contributed by atoms with Gasteiger partial charge in [0.1, 0.15) is 5.75 Å². The lowest BCUT2D eigenvalue weighted by Gasteiger charge is -2.02. The molecule has 1 heterocycles. The first-order chi connectivity index (χ1) is 8.28. The fraction of sp³-hybridized carbons (Fsp3) is 0.273. The zero-order chi connectivity index (χ0) is 12.1. The predicted molar refractivity (Wildman–Crippen MR) is 60.3 cm³/mol. The summed E-state index contributed by atoms with van der Waals surface area (Å²) in [5, 5.41) is 12.4. The molecule has 0 saturated carbocycles. The van der Waals surface area contributed by atoms with Crippen molar-refractivity contribution in [1.29, 1.82) is 0 Å². The van der Waals surface area contributed by atoms with E-state index in [-0.39, 0.29) is 13.2 Å². The lowest BCUT2D eigenvalue weighted by atomic mass is 10.3. The molecule has 6 heteroatoms.